The van der Waals surface area contributed by atoms with E-state index in [-0.39, 0.29) is 29.2 Å². The molecule has 0 N–H and O–H groups in total. The van der Waals surface area contributed by atoms with Crippen LogP contribution in [0.3, 0.4) is 0 Å². The standard InChI is InChI=1S/C27H33BrN4O4S/c1-2-26(33)32-12-10-20-17-23(28)25(18-24(20)32)37(35,36)31-11-6-7-21(19-31)27(34)30-15-13-29(14-16-30)22-8-4-3-5-9-22/h3-5,8-9,17-18,21H,2,6-7,10-16,19H2,1H3. The monoisotopic (exact) mass is 588 g/mol. The van der Waals surface area contributed by atoms with Gasteiger partial charge in [-0.3, -0.25) is 9.59 Å². The van der Waals surface area contributed by atoms with Crippen LogP contribution in [-0.4, -0.2) is 75.3 Å². The zero-order chi connectivity index (χ0) is 26.2. The molecule has 0 bridgehead atoms. The van der Waals surface area contributed by atoms with Crippen molar-refractivity contribution in [2.24, 2.45) is 5.92 Å². The molecule has 2 amide bonds. The number of para-hydroxylation sites is 1. The Morgan fingerprint density at radius 2 is 1.73 bits per heavy atom. The van der Waals surface area contributed by atoms with Crippen LogP contribution in [0, 0.1) is 5.92 Å². The van der Waals surface area contributed by atoms with Gasteiger partial charge < -0.3 is 14.7 Å². The Labute approximate surface area is 227 Å². The van der Waals surface area contributed by atoms with E-state index in [4.69, 9.17) is 0 Å². The number of halogens is 1. The Morgan fingerprint density at radius 1 is 1.00 bits per heavy atom. The lowest BCUT2D eigenvalue weighted by Gasteiger charge is -2.39. The van der Waals surface area contributed by atoms with E-state index >= 15 is 0 Å². The highest BCUT2D eigenvalue weighted by atomic mass is 79.9. The van der Waals surface area contributed by atoms with Gasteiger partial charge in [-0.25, -0.2) is 8.42 Å². The second-order valence-corrected chi connectivity index (χ2v) is 12.7. The van der Waals surface area contributed by atoms with Gasteiger partial charge in [-0.05, 0) is 65.0 Å². The maximum absolute atomic E-state index is 13.8. The van der Waals surface area contributed by atoms with Gasteiger partial charge in [0.2, 0.25) is 21.8 Å². The van der Waals surface area contributed by atoms with Gasteiger partial charge in [-0.15, -0.1) is 0 Å². The van der Waals surface area contributed by atoms with E-state index < -0.39 is 10.0 Å². The van der Waals surface area contributed by atoms with Crippen LogP contribution in [0.25, 0.3) is 0 Å². The number of piperidine rings is 1. The molecule has 3 aliphatic heterocycles. The average molecular weight is 590 g/mol. The van der Waals surface area contributed by atoms with Crippen molar-refractivity contribution in [2.75, 3.05) is 55.6 Å². The molecule has 0 aliphatic carbocycles. The molecule has 2 aromatic carbocycles. The number of sulfonamides is 1. The molecule has 3 heterocycles. The van der Waals surface area contributed by atoms with E-state index in [1.165, 1.54) is 4.31 Å². The summed E-state index contributed by atoms with van der Waals surface area (Å²) in [6, 6.07) is 13.6. The van der Waals surface area contributed by atoms with Gasteiger partial charge in [0.05, 0.1) is 10.8 Å². The Morgan fingerprint density at radius 3 is 2.43 bits per heavy atom. The summed E-state index contributed by atoms with van der Waals surface area (Å²) in [6.07, 6.45) is 2.40. The van der Waals surface area contributed by atoms with Gasteiger partial charge >= 0.3 is 0 Å². The molecule has 8 nitrogen and oxygen atoms in total. The number of benzene rings is 2. The van der Waals surface area contributed by atoms with Gasteiger partial charge in [-0.2, -0.15) is 4.31 Å². The highest BCUT2D eigenvalue weighted by Gasteiger charge is 2.37. The molecule has 0 spiro atoms. The molecule has 2 saturated heterocycles. The fourth-order valence-electron chi connectivity index (χ4n) is 5.62. The Balaban J connectivity index is 1.29. The predicted molar refractivity (Wildman–Crippen MR) is 147 cm³/mol. The number of hydrogen-bond acceptors (Lipinski definition) is 5. The smallest absolute Gasteiger partial charge is 0.244 e. The van der Waals surface area contributed by atoms with Gasteiger partial charge in [0, 0.05) is 68.1 Å². The lowest BCUT2D eigenvalue weighted by atomic mass is 9.97. The number of carbonyl (C=O) groups is 2. The fourth-order valence-corrected chi connectivity index (χ4v) is 8.21. The van der Waals surface area contributed by atoms with Gasteiger partial charge in [0.25, 0.3) is 0 Å². The number of anilines is 2. The van der Waals surface area contributed by atoms with E-state index in [0.717, 1.165) is 24.3 Å². The van der Waals surface area contributed by atoms with E-state index in [9.17, 15) is 18.0 Å². The third kappa shape index (κ3) is 5.15. The maximum Gasteiger partial charge on any atom is 0.244 e. The zero-order valence-electron chi connectivity index (χ0n) is 21.1. The highest BCUT2D eigenvalue weighted by molar-refractivity contribution is 9.10. The third-order valence-electron chi connectivity index (χ3n) is 7.70. The summed E-state index contributed by atoms with van der Waals surface area (Å²) < 4.78 is 29.5. The van der Waals surface area contributed by atoms with Crippen molar-refractivity contribution < 1.29 is 18.0 Å². The van der Waals surface area contributed by atoms with Crippen LogP contribution in [0.5, 0.6) is 0 Å². The summed E-state index contributed by atoms with van der Waals surface area (Å²) >= 11 is 3.47. The molecule has 1 unspecified atom stereocenters. The van der Waals surface area contributed by atoms with Crippen molar-refractivity contribution in [3.05, 3.63) is 52.5 Å². The summed E-state index contributed by atoms with van der Waals surface area (Å²) in [5.41, 5.74) is 2.80. The first-order chi connectivity index (χ1) is 17.8. The topological polar surface area (TPSA) is 81.2 Å². The predicted octanol–water partition coefficient (Wildman–Crippen LogP) is 3.50. The number of hydrogen-bond donors (Lipinski definition) is 0. The number of rotatable bonds is 5. The van der Waals surface area contributed by atoms with Crippen LogP contribution in [0.4, 0.5) is 11.4 Å². The Kier molecular flexibility index (Phi) is 7.60. The molecule has 0 saturated carbocycles. The fraction of sp³-hybridized carbons (Fsp3) is 0.481. The molecule has 0 radical (unpaired) electrons. The number of piperazine rings is 1. The molecule has 2 aromatic rings. The van der Waals surface area contributed by atoms with E-state index in [2.05, 4.69) is 33.0 Å². The lowest BCUT2D eigenvalue weighted by Crippen LogP contribution is -2.53. The highest BCUT2D eigenvalue weighted by Crippen LogP contribution is 2.37. The molecule has 10 heteroatoms. The second kappa shape index (κ2) is 10.7. The van der Waals surface area contributed by atoms with Crippen LogP contribution in [0.2, 0.25) is 0 Å². The van der Waals surface area contributed by atoms with Crippen LogP contribution >= 0.6 is 15.9 Å². The van der Waals surface area contributed by atoms with E-state index in [0.29, 0.717) is 62.0 Å². The molecule has 3 aliphatic rings. The molecular formula is C27H33BrN4O4S. The van der Waals surface area contributed by atoms with Crippen molar-refractivity contribution in [1.82, 2.24) is 9.21 Å². The van der Waals surface area contributed by atoms with Crippen molar-refractivity contribution in [3.8, 4) is 0 Å². The molecule has 37 heavy (non-hydrogen) atoms. The summed E-state index contributed by atoms with van der Waals surface area (Å²) in [5.74, 6) is -0.320. The normalized spacial score (nSPS) is 20.7. The van der Waals surface area contributed by atoms with Gasteiger partial charge in [0.1, 0.15) is 0 Å². The Hall–Kier alpha value is -2.43. The number of nitrogens with zero attached hydrogens (tertiary/aromatic N) is 4. The van der Waals surface area contributed by atoms with E-state index in [1.807, 2.05) is 36.1 Å². The summed E-state index contributed by atoms with van der Waals surface area (Å²) in [4.78, 5) is 31.8. The summed E-state index contributed by atoms with van der Waals surface area (Å²) in [5, 5.41) is 0. The van der Waals surface area contributed by atoms with Crippen molar-refractivity contribution >= 4 is 49.1 Å². The molecule has 2 fully saturated rings. The second-order valence-electron chi connectivity index (χ2n) is 9.91. The first-order valence-electron chi connectivity index (χ1n) is 13.0. The molecule has 1 atom stereocenters. The van der Waals surface area contributed by atoms with Crippen molar-refractivity contribution in [3.63, 3.8) is 0 Å². The quantitative estimate of drug-likeness (QED) is 0.534. The number of fused-ring (bicyclic) bond motifs is 1. The van der Waals surface area contributed by atoms with Crippen LogP contribution in [-0.2, 0) is 26.0 Å². The van der Waals surface area contributed by atoms with Crippen molar-refractivity contribution in [2.45, 2.75) is 37.5 Å². The molecule has 0 aromatic heterocycles. The Bertz CT molecular complexity index is 1280. The third-order valence-corrected chi connectivity index (χ3v) is 10.5. The molecule has 5 rings (SSSR count). The summed E-state index contributed by atoms with van der Waals surface area (Å²) in [6.45, 7) is 5.73. The average Bonchev–Trinajstić information content (AvgIpc) is 3.35. The summed E-state index contributed by atoms with van der Waals surface area (Å²) in [7, 11) is -3.84. The minimum atomic E-state index is -3.84. The minimum Gasteiger partial charge on any atom is -0.368 e. The van der Waals surface area contributed by atoms with Gasteiger partial charge in [0.15, 0.2) is 0 Å². The first-order valence-corrected chi connectivity index (χ1v) is 15.2. The SMILES string of the molecule is CCC(=O)N1CCc2cc(Br)c(S(=O)(=O)N3CCCC(C(=O)N4CCN(c5ccccc5)CC4)C3)cc21. The van der Waals surface area contributed by atoms with Crippen molar-refractivity contribution in [1.29, 1.82) is 0 Å². The zero-order valence-corrected chi connectivity index (χ0v) is 23.5. The van der Waals surface area contributed by atoms with Crippen LogP contribution in [0.1, 0.15) is 31.7 Å². The van der Waals surface area contributed by atoms with Gasteiger partial charge in [-0.1, -0.05) is 25.1 Å². The number of carbonyl (C=O) groups excluding carboxylic acids is 2. The first kappa shape index (κ1) is 26.2. The van der Waals surface area contributed by atoms with Crippen LogP contribution < -0.4 is 9.80 Å². The van der Waals surface area contributed by atoms with E-state index in [1.54, 1.807) is 11.0 Å². The lowest BCUT2D eigenvalue weighted by molar-refractivity contribution is -0.137. The maximum atomic E-state index is 13.8. The number of amides is 2. The minimum absolute atomic E-state index is 0.0135. The van der Waals surface area contributed by atoms with Crippen LogP contribution in [0.15, 0.2) is 51.8 Å². The molecular weight excluding hydrogens is 556 g/mol. The molecule has 198 valence electrons. The largest absolute Gasteiger partial charge is 0.368 e.